The number of piperidine rings is 1. The fraction of sp³-hybridized carbons (Fsp3) is 0.452. The molecule has 0 unspecified atom stereocenters. The predicted octanol–water partition coefficient (Wildman–Crippen LogP) is 7.04. The summed E-state index contributed by atoms with van der Waals surface area (Å²) in [7, 11) is 0. The average Bonchev–Trinajstić information content (AvgIpc) is 3.82. The van der Waals surface area contributed by atoms with Gasteiger partial charge in [0, 0.05) is 49.3 Å². The van der Waals surface area contributed by atoms with Crippen molar-refractivity contribution in [1.29, 1.82) is 0 Å². The van der Waals surface area contributed by atoms with Crippen LogP contribution in [0, 0.1) is 5.82 Å². The number of carbonyl (C=O) groups excluding carboxylic acids is 1. The molecule has 0 bridgehead atoms. The van der Waals surface area contributed by atoms with Gasteiger partial charge in [0.25, 0.3) is 6.47 Å². The Morgan fingerprint density at radius 2 is 1.77 bits per heavy atom. The topological polar surface area (TPSA) is 151 Å². The first kappa shape index (κ1) is 39.7. The van der Waals surface area contributed by atoms with Gasteiger partial charge in [0.05, 0.1) is 36.8 Å². The number of ether oxygens (including phenoxy) is 2. The lowest BCUT2D eigenvalue weighted by atomic mass is 9.85. The largest absolute Gasteiger partial charge is 0.484 e. The van der Waals surface area contributed by atoms with Crippen molar-refractivity contribution < 1.29 is 28.6 Å². The molecular weight excluding hydrogens is 730 g/mol. The Balaban J connectivity index is 0.00000160. The average molecular weight is 782 g/mol. The van der Waals surface area contributed by atoms with Gasteiger partial charge in [-0.1, -0.05) is 45.0 Å². The summed E-state index contributed by atoms with van der Waals surface area (Å²) in [6.07, 6.45) is 6.74. The summed E-state index contributed by atoms with van der Waals surface area (Å²) in [4.78, 5) is 26.7. The number of hydrogen-bond donors (Lipinski definition) is 3. The molecule has 2 saturated heterocycles. The van der Waals surface area contributed by atoms with Crippen LogP contribution in [0.2, 0.25) is 0 Å². The molecule has 8 rings (SSSR count). The van der Waals surface area contributed by atoms with Crippen LogP contribution in [0.5, 0.6) is 5.75 Å². The number of fused-ring (bicyclic) bond motifs is 2. The first-order valence-electron chi connectivity index (χ1n) is 19.7. The molecule has 1 aliphatic carbocycles. The van der Waals surface area contributed by atoms with E-state index in [0.29, 0.717) is 55.7 Å². The number of benzene rings is 2. The van der Waals surface area contributed by atoms with Crippen LogP contribution in [0.15, 0.2) is 66.9 Å². The van der Waals surface area contributed by atoms with E-state index in [1.54, 1.807) is 10.7 Å². The standard InChI is InChI=1S/C41H50FN9O3.CH2O2/c1-27-9-7-8-18-49(27)40-46-45-37-17-13-30(26-50(37)40)54-35-16-15-34(31-10-5-6-11-32(31)35)43-39(52)44-38-24-36(41(2,3)4)47-51(38)29-12-14-33(42)28(23-29)25-48-19-21-53-22-20-48;2-1-3/h5-6,10-14,17,23-24,26-27,34-35H,7-9,15-16,18-22,25H2,1-4H3,(H2,43,44,52);1H,(H,2,3)/t27-,34-,35+;/m0./s1. The summed E-state index contributed by atoms with van der Waals surface area (Å²) in [5, 5.41) is 27.1. The zero-order valence-electron chi connectivity index (χ0n) is 33.0. The van der Waals surface area contributed by atoms with Crippen molar-refractivity contribution in [3.8, 4) is 11.4 Å². The van der Waals surface area contributed by atoms with Crippen molar-refractivity contribution in [2.45, 2.75) is 89.9 Å². The molecule has 2 amide bonds. The van der Waals surface area contributed by atoms with Gasteiger partial charge in [0.15, 0.2) is 5.65 Å². The van der Waals surface area contributed by atoms with Crippen LogP contribution in [-0.2, 0) is 21.5 Å². The minimum Gasteiger partial charge on any atom is -0.484 e. The van der Waals surface area contributed by atoms with Crippen molar-refractivity contribution in [3.05, 3.63) is 95.1 Å². The first-order chi connectivity index (χ1) is 27.5. The Hall–Kier alpha value is -5.54. The van der Waals surface area contributed by atoms with Crippen LogP contribution in [0.1, 0.15) is 94.3 Å². The first-order valence-corrected chi connectivity index (χ1v) is 19.7. The number of nitrogens with zero attached hydrogens (tertiary/aromatic N) is 7. The van der Waals surface area contributed by atoms with Gasteiger partial charge in [0.1, 0.15) is 23.5 Å². The molecule has 5 heterocycles. The lowest BCUT2D eigenvalue weighted by Crippen LogP contribution is -2.38. The second-order valence-electron chi connectivity index (χ2n) is 15.9. The van der Waals surface area contributed by atoms with Gasteiger partial charge in [-0.3, -0.25) is 19.4 Å². The van der Waals surface area contributed by atoms with Crippen LogP contribution >= 0.6 is 0 Å². The third-order valence-corrected chi connectivity index (χ3v) is 10.9. The molecule has 302 valence electrons. The maximum Gasteiger partial charge on any atom is 0.320 e. The summed E-state index contributed by atoms with van der Waals surface area (Å²) in [5.41, 5.74) is 4.63. The van der Waals surface area contributed by atoms with Crippen LogP contribution in [-0.4, -0.2) is 85.8 Å². The zero-order valence-corrected chi connectivity index (χ0v) is 33.0. The molecule has 2 aliphatic heterocycles. The van der Waals surface area contributed by atoms with Gasteiger partial charge in [-0.15, -0.1) is 10.2 Å². The number of pyridine rings is 1. The van der Waals surface area contributed by atoms with Gasteiger partial charge >= 0.3 is 6.03 Å². The molecule has 2 aromatic carbocycles. The minimum absolute atomic E-state index is 0.186. The quantitative estimate of drug-likeness (QED) is 0.140. The Morgan fingerprint density at radius 1 is 1.00 bits per heavy atom. The Labute approximate surface area is 332 Å². The molecule has 14 nitrogen and oxygen atoms in total. The fourth-order valence-corrected chi connectivity index (χ4v) is 7.87. The van der Waals surface area contributed by atoms with Crippen molar-refractivity contribution in [3.63, 3.8) is 0 Å². The van der Waals surface area contributed by atoms with Gasteiger partial charge in [0.2, 0.25) is 5.95 Å². The maximum atomic E-state index is 15.0. The van der Waals surface area contributed by atoms with E-state index in [-0.39, 0.29) is 35.9 Å². The van der Waals surface area contributed by atoms with Gasteiger partial charge < -0.3 is 24.8 Å². The van der Waals surface area contributed by atoms with Crippen molar-refractivity contribution in [2.24, 2.45) is 0 Å². The van der Waals surface area contributed by atoms with Crippen LogP contribution < -0.4 is 20.3 Å². The second-order valence-corrected chi connectivity index (χ2v) is 15.9. The van der Waals surface area contributed by atoms with E-state index in [9.17, 15) is 4.79 Å². The van der Waals surface area contributed by atoms with Crippen molar-refractivity contribution in [1.82, 2.24) is 34.6 Å². The molecule has 0 spiro atoms. The maximum absolute atomic E-state index is 15.0. The lowest BCUT2D eigenvalue weighted by Gasteiger charge is -2.33. The van der Waals surface area contributed by atoms with E-state index in [2.05, 4.69) is 70.5 Å². The fourth-order valence-electron chi connectivity index (χ4n) is 7.87. The summed E-state index contributed by atoms with van der Waals surface area (Å²) >= 11 is 0. The second kappa shape index (κ2) is 17.3. The summed E-state index contributed by atoms with van der Waals surface area (Å²) < 4.78 is 30.9. The highest BCUT2D eigenvalue weighted by Gasteiger charge is 2.31. The number of carboxylic acid groups (broad SMARTS) is 1. The predicted molar refractivity (Wildman–Crippen MR) is 215 cm³/mol. The molecule has 15 heteroatoms. The lowest BCUT2D eigenvalue weighted by molar-refractivity contribution is -0.122. The highest BCUT2D eigenvalue weighted by molar-refractivity contribution is 5.89. The highest BCUT2D eigenvalue weighted by Crippen LogP contribution is 2.39. The Morgan fingerprint density at radius 3 is 2.53 bits per heavy atom. The Bertz CT molecular complexity index is 2180. The van der Waals surface area contributed by atoms with Crippen molar-refractivity contribution >= 4 is 29.9 Å². The highest BCUT2D eigenvalue weighted by atomic mass is 19.1. The number of urea groups is 1. The number of nitrogens with one attached hydrogen (secondary N) is 2. The van der Waals surface area contributed by atoms with E-state index < -0.39 is 0 Å². The van der Waals surface area contributed by atoms with E-state index in [1.165, 1.54) is 12.5 Å². The van der Waals surface area contributed by atoms with Gasteiger partial charge in [-0.2, -0.15) is 5.10 Å². The van der Waals surface area contributed by atoms with E-state index in [1.807, 2.05) is 47.0 Å². The third kappa shape index (κ3) is 9.04. The molecule has 3 aromatic heterocycles. The smallest absolute Gasteiger partial charge is 0.320 e. The van der Waals surface area contributed by atoms with E-state index in [0.717, 1.165) is 66.6 Å². The molecule has 5 aromatic rings. The molecule has 0 radical (unpaired) electrons. The summed E-state index contributed by atoms with van der Waals surface area (Å²) in [6.45, 7) is 12.4. The van der Waals surface area contributed by atoms with E-state index in [4.69, 9.17) is 24.5 Å². The number of rotatable bonds is 8. The number of anilines is 2. The number of amides is 2. The van der Waals surface area contributed by atoms with Crippen LogP contribution in [0.3, 0.4) is 0 Å². The minimum atomic E-state index is -0.344. The number of aromatic nitrogens is 5. The zero-order chi connectivity index (χ0) is 40.1. The molecule has 0 saturated carbocycles. The molecule has 3 aliphatic rings. The van der Waals surface area contributed by atoms with Crippen molar-refractivity contribution in [2.75, 3.05) is 43.1 Å². The molecule has 3 atom stereocenters. The van der Waals surface area contributed by atoms with Crippen LogP contribution in [0.4, 0.5) is 21.0 Å². The number of hydrogen-bond acceptors (Lipinski definition) is 9. The van der Waals surface area contributed by atoms with Gasteiger partial charge in [-0.05, 0) is 80.5 Å². The molecular formula is C42H52FN9O5. The normalized spacial score (nSPS) is 19.9. The monoisotopic (exact) mass is 781 g/mol. The molecule has 2 fully saturated rings. The number of halogens is 1. The van der Waals surface area contributed by atoms with E-state index >= 15 is 4.39 Å². The SMILES string of the molecule is C[C@H]1CCCCN1c1nnc2ccc(O[C@@H]3CC[C@H](NC(=O)Nc4cc(C(C)(C)C)nn4-c4ccc(F)c(CN5CCOCC5)c4)c4ccccc43)cn12.O=CO. The number of carbonyl (C=O) groups is 2. The summed E-state index contributed by atoms with van der Waals surface area (Å²) in [5.74, 6) is 1.84. The van der Waals surface area contributed by atoms with Gasteiger partial charge in [-0.25, -0.2) is 13.9 Å². The molecule has 3 N–H and O–H groups in total. The van der Waals surface area contributed by atoms with Crippen LogP contribution in [0.25, 0.3) is 11.3 Å². The number of morpholine rings is 1. The Kier molecular flexibility index (Phi) is 12.0. The summed E-state index contributed by atoms with van der Waals surface area (Å²) in [6, 6.07) is 18.8. The third-order valence-electron chi connectivity index (χ3n) is 10.9. The molecule has 57 heavy (non-hydrogen) atoms.